The number of amides is 2. The zero-order chi connectivity index (χ0) is 23.2. The fourth-order valence-corrected chi connectivity index (χ4v) is 5.55. The molecule has 2 aliphatic carbocycles. The summed E-state index contributed by atoms with van der Waals surface area (Å²) in [5.41, 5.74) is 2.04. The standard InChI is InChI=1S/C25H29FN4O3/c1-33-21-12-16(26)11-18-19-13-30(9-6-20(19)28-23(18)21)24(32)17-5-3-2-4-15(17)10-22(31)29-25(14-27)7-8-25/h11-12,15,17,28H,2-10,13H2,1H3,(H,29,31)/t15-,17-/m1/s1. The van der Waals surface area contributed by atoms with Crippen LogP contribution in [0.4, 0.5) is 4.39 Å². The number of H-pyrrole nitrogens is 1. The Labute approximate surface area is 192 Å². The molecule has 2 fully saturated rings. The largest absolute Gasteiger partial charge is 0.494 e. The Kier molecular flexibility index (Phi) is 5.51. The zero-order valence-electron chi connectivity index (χ0n) is 18.9. The Morgan fingerprint density at radius 3 is 2.85 bits per heavy atom. The number of fused-ring (bicyclic) bond motifs is 3. The molecule has 1 aromatic heterocycles. The van der Waals surface area contributed by atoms with E-state index in [4.69, 9.17) is 4.74 Å². The summed E-state index contributed by atoms with van der Waals surface area (Å²) in [5, 5.41) is 12.9. The highest BCUT2D eigenvalue weighted by Crippen LogP contribution is 2.39. The lowest BCUT2D eigenvalue weighted by atomic mass is 9.76. The van der Waals surface area contributed by atoms with Gasteiger partial charge in [0.25, 0.3) is 0 Å². The van der Waals surface area contributed by atoms with E-state index < -0.39 is 5.54 Å². The van der Waals surface area contributed by atoms with Gasteiger partial charge in [0.15, 0.2) is 0 Å². The van der Waals surface area contributed by atoms with Crippen LogP contribution in [0.1, 0.15) is 56.2 Å². The monoisotopic (exact) mass is 452 g/mol. The molecule has 3 aliphatic rings. The summed E-state index contributed by atoms with van der Waals surface area (Å²) in [6.07, 6.45) is 5.97. The van der Waals surface area contributed by atoms with Gasteiger partial charge in [-0.25, -0.2) is 4.39 Å². The van der Waals surface area contributed by atoms with Crippen LogP contribution in [-0.4, -0.2) is 40.9 Å². The lowest BCUT2D eigenvalue weighted by Gasteiger charge is -2.36. The van der Waals surface area contributed by atoms with Gasteiger partial charge in [-0.3, -0.25) is 9.59 Å². The number of methoxy groups -OCH3 is 1. The van der Waals surface area contributed by atoms with Crippen LogP contribution >= 0.6 is 0 Å². The number of ether oxygens (including phenoxy) is 1. The van der Waals surface area contributed by atoms with Gasteiger partial charge >= 0.3 is 0 Å². The summed E-state index contributed by atoms with van der Waals surface area (Å²) >= 11 is 0. The third-order valence-corrected chi connectivity index (χ3v) is 7.56. The predicted octanol–water partition coefficient (Wildman–Crippen LogP) is 3.57. The highest BCUT2D eigenvalue weighted by molar-refractivity contribution is 5.91. The first-order valence-electron chi connectivity index (χ1n) is 11.8. The molecule has 0 saturated heterocycles. The predicted molar refractivity (Wildman–Crippen MR) is 120 cm³/mol. The Morgan fingerprint density at radius 1 is 1.33 bits per heavy atom. The molecule has 2 saturated carbocycles. The lowest BCUT2D eigenvalue weighted by Crippen LogP contribution is -2.44. The third kappa shape index (κ3) is 4.05. The average Bonchev–Trinajstić information content (AvgIpc) is 3.50. The van der Waals surface area contributed by atoms with Gasteiger partial charge in [-0.1, -0.05) is 12.8 Å². The Bertz CT molecular complexity index is 1150. The van der Waals surface area contributed by atoms with Gasteiger partial charge in [0.05, 0.1) is 18.7 Å². The van der Waals surface area contributed by atoms with E-state index in [0.29, 0.717) is 38.1 Å². The summed E-state index contributed by atoms with van der Waals surface area (Å²) in [4.78, 5) is 31.4. The number of carbonyl (C=O) groups is 2. The molecule has 2 atom stereocenters. The number of hydrogen-bond donors (Lipinski definition) is 2. The number of nitrogens with zero attached hydrogens (tertiary/aromatic N) is 2. The molecule has 0 bridgehead atoms. The third-order valence-electron chi connectivity index (χ3n) is 7.56. The highest BCUT2D eigenvalue weighted by Gasteiger charge is 2.45. The van der Waals surface area contributed by atoms with Crippen molar-refractivity contribution in [3.05, 3.63) is 29.2 Å². The van der Waals surface area contributed by atoms with Crippen LogP contribution in [0.5, 0.6) is 5.75 Å². The lowest BCUT2D eigenvalue weighted by molar-refractivity contribution is -0.140. The van der Waals surface area contributed by atoms with Gasteiger partial charge in [-0.05, 0) is 37.7 Å². The molecule has 7 nitrogen and oxygen atoms in total. The van der Waals surface area contributed by atoms with Crippen molar-refractivity contribution in [2.75, 3.05) is 13.7 Å². The van der Waals surface area contributed by atoms with Crippen molar-refractivity contribution in [1.82, 2.24) is 15.2 Å². The smallest absolute Gasteiger partial charge is 0.226 e. The molecule has 5 rings (SSSR count). The Balaban J connectivity index is 1.33. The minimum absolute atomic E-state index is 0.0114. The number of nitrogens with one attached hydrogen (secondary N) is 2. The maximum atomic E-state index is 14.2. The minimum atomic E-state index is -0.680. The average molecular weight is 453 g/mol. The van der Waals surface area contributed by atoms with E-state index in [2.05, 4.69) is 16.4 Å². The normalized spacial score (nSPS) is 23.5. The van der Waals surface area contributed by atoms with Gasteiger partial charge in [0.1, 0.15) is 17.1 Å². The molecule has 33 heavy (non-hydrogen) atoms. The second kappa shape index (κ2) is 8.36. The summed E-state index contributed by atoms with van der Waals surface area (Å²) in [6.45, 7) is 1.02. The highest BCUT2D eigenvalue weighted by atomic mass is 19.1. The van der Waals surface area contributed by atoms with Crippen molar-refractivity contribution in [2.24, 2.45) is 11.8 Å². The Hall–Kier alpha value is -3.08. The summed E-state index contributed by atoms with van der Waals surface area (Å²) in [6, 6.07) is 5.06. The van der Waals surface area contributed by atoms with Gasteiger partial charge < -0.3 is 19.9 Å². The molecule has 2 amide bonds. The number of benzene rings is 1. The molecule has 2 N–H and O–H groups in total. The first kappa shape index (κ1) is 21.7. The van der Waals surface area contributed by atoms with Gasteiger partial charge in [0, 0.05) is 54.6 Å². The van der Waals surface area contributed by atoms with E-state index in [-0.39, 0.29) is 35.9 Å². The molecule has 1 aliphatic heterocycles. The topological polar surface area (TPSA) is 98.2 Å². The maximum absolute atomic E-state index is 14.2. The van der Waals surface area contributed by atoms with E-state index in [1.165, 1.54) is 19.2 Å². The molecule has 1 aromatic carbocycles. The Morgan fingerprint density at radius 2 is 2.12 bits per heavy atom. The molecular weight excluding hydrogens is 423 g/mol. The van der Waals surface area contributed by atoms with Crippen molar-refractivity contribution in [1.29, 1.82) is 5.26 Å². The van der Waals surface area contributed by atoms with Crippen molar-refractivity contribution in [3.63, 3.8) is 0 Å². The van der Waals surface area contributed by atoms with Crippen molar-refractivity contribution >= 4 is 22.7 Å². The second-order valence-electron chi connectivity index (χ2n) is 9.72. The van der Waals surface area contributed by atoms with E-state index in [9.17, 15) is 19.2 Å². The van der Waals surface area contributed by atoms with Crippen molar-refractivity contribution in [2.45, 2.75) is 63.5 Å². The molecule has 0 spiro atoms. The number of carbonyl (C=O) groups excluding carboxylic acids is 2. The van der Waals surface area contributed by atoms with Crippen LogP contribution in [0.25, 0.3) is 10.9 Å². The van der Waals surface area contributed by atoms with Crippen LogP contribution in [0.15, 0.2) is 12.1 Å². The summed E-state index contributed by atoms with van der Waals surface area (Å²) in [7, 11) is 1.52. The van der Waals surface area contributed by atoms with Crippen LogP contribution in [-0.2, 0) is 22.6 Å². The maximum Gasteiger partial charge on any atom is 0.226 e. The van der Waals surface area contributed by atoms with Gasteiger partial charge in [-0.15, -0.1) is 0 Å². The van der Waals surface area contributed by atoms with Crippen molar-refractivity contribution in [3.8, 4) is 11.8 Å². The fraction of sp³-hybridized carbons (Fsp3) is 0.560. The number of aromatic amines is 1. The van der Waals surface area contributed by atoms with Crippen molar-refractivity contribution < 1.29 is 18.7 Å². The van der Waals surface area contributed by atoms with E-state index in [1.54, 1.807) is 0 Å². The quantitative estimate of drug-likeness (QED) is 0.725. The number of hydrogen-bond acceptors (Lipinski definition) is 4. The van der Waals surface area contributed by atoms with E-state index >= 15 is 0 Å². The molecule has 0 radical (unpaired) electrons. The SMILES string of the molecule is COc1cc(F)cc2c3c([nH]c12)CCN(C(=O)[C@@H]1CCCC[C@@H]1CC(=O)NC1(C#N)CC1)C3. The van der Waals surface area contributed by atoms with Crippen LogP contribution in [0, 0.1) is 29.0 Å². The summed E-state index contributed by atoms with van der Waals surface area (Å²) in [5.74, 6) is -0.159. The minimum Gasteiger partial charge on any atom is -0.494 e. The number of halogens is 1. The molecular formula is C25H29FN4O3. The number of aromatic nitrogens is 1. The number of nitriles is 1. The first-order chi connectivity index (χ1) is 15.9. The van der Waals surface area contributed by atoms with E-state index in [1.807, 2.05) is 4.90 Å². The molecule has 174 valence electrons. The van der Waals surface area contributed by atoms with Crippen LogP contribution < -0.4 is 10.1 Å². The molecule has 2 heterocycles. The van der Waals surface area contributed by atoms with E-state index in [0.717, 1.165) is 47.8 Å². The molecule has 8 heteroatoms. The molecule has 0 unspecified atom stereocenters. The van der Waals surface area contributed by atoms with Gasteiger partial charge in [-0.2, -0.15) is 5.26 Å². The zero-order valence-corrected chi connectivity index (χ0v) is 18.9. The van der Waals surface area contributed by atoms with Gasteiger partial charge in [0.2, 0.25) is 11.8 Å². The molecule has 2 aromatic rings. The second-order valence-corrected chi connectivity index (χ2v) is 9.72. The van der Waals surface area contributed by atoms with Crippen LogP contribution in [0.2, 0.25) is 0 Å². The fourth-order valence-electron chi connectivity index (χ4n) is 5.55. The number of rotatable bonds is 5. The summed E-state index contributed by atoms with van der Waals surface area (Å²) < 4.78 is 19.5. The van der Waals surface area contributed by atoms with Crippen LogP contribution in [0.3, 0.4) is 0 Å². The first-order valence-corrected chi connectivity index (χ1v) is 11.8.